The van der Waals surface area contributed by atoms with Gasteiger partial charge in [-0.2, -0.15) is 0 Å². The number of halogens is 3. The molecule has 2 aromatic carbocycles. The third kappa shape index (κ3) is 5.59. The Morgan fingerprint density at radius 3 is 1.84 bits per heavy atom. The van der Waals surface area contributed by atoms with Gasteiger partial charge in [-0.1, -0.05) is 34.8 Å². The van der Waals surface area contributed by atoms with E-state index in [0.717, 1.165) is 0 Å². The quantitative estimate of drug-likeness (QED) is 0.559. The van der Waals surface area contributed by atoms with Crippen molar-refractivity contribution in [2.75, 3.05) is 19.5 Å². The van der Waals surface area contributed by atoms with Crippen LogP contribution in [0.15, 0.2) is 48.5 Å². The molecule has 0 saturated carbocycles. The number of anilines is 1. The summed E-state index contributed by atoms with van der Waals surface area (Å²) in [6, 6.07) is 13.6. The first-order chi connectivity index (χ1) is 11.8. The zero-order valence-corrected chi connectivity index (χ0v) is 15.8. The Kier molecular flexibility index (Phi) is 6.64. The van der Waals surface area contributed by atoms with Crippen molar-refractivity contribution < 1.29 is 14.3 Å². The number of benzene rings is 2. The zero-order chi connectivity index (χ0) is 18.4. The van der Waals surface area contributed by atoms with Gasteiger partial charge < -0.3 is 20.1 Å². The Balaban J connectivity index is 2.12. The summed E-state index contributed by atoms with van der Waals surface area (Å²) in [5.41, 5.74) is 1.07. The first-order valence-corrected chi connectivity index (χ1v) is 8.39. The van der Waals surface area contributed by atoms with Crippen molar-refractivity contribution in [3.8, 4) is 11.5 Å². The summed E-state index contributed by atoms with van der Waals surface area (Å²) >= 11 is 18.0. The molecule has 0 spiro atoms. The molecule has 2 N–H and O–H groups in total. The second-order valence-electron chi connectivity index (χ2n) is 5.05. The van der Waals surface area contributed by atoms with Crippen molar-refractivity contribution in [1.82, 2.24) is 5.32 Å². The number of hydrogen-bond donors (Lipinski definition) is 2. The molecule has 0 saturated heterocycles. The number of carbonyl (C=O) groups is 1. The average molecular weight is 404 g/mol. The molecular formula is C17H17Cl3N2O3. The van der Waals surface area contributed by atoms with Crippen LogP contribution < -0.4 is 20.1 Å². The number of alkyl halides is 3. The van der Waals surface area contributed by atoms with Crippen LogP contribution in [0, 0.1) is 0 Å². The molecule has 8 heteroatoms. The average Bonchev–Trinajstić information content (AvgIpc) is 2.61. The lowest BCUT2D eigenvalue weighted by Crippen LogP contribution is -2.49. The van der Waals surface area contributed by atoms with E-state index in [1.165, 1.54) is 0 Å². The van der Waals surface area contributed by atoms with Gasteiger partial charge >= 0.3 is 0 Å². The highest BCUT2D eigenvalue weighted by molar-refractivity contribution is 6.68. The molecule has 2 aromatic rings. The molecule has 1 amide bonds. The molecule has 1 atom stereocenters. The Labute approximate surface area is 161 Å². The van der Waals surface area contributed by atoms with Gasteiger partial charge in [-0.05, 0) is 48.5 Å². The molecule has 2 rings (SSSR count). The smallest absolute Gasteiger partial charge is 0.252 e. The monoisotopic (exact) mass is 402 g/mol. The van der Waals surface area contributed by atoms with Crippen molar-refractivity contribution in [2.24, 2.45) is 0 Å². The van der Waals surface area contributed by atoms with Crippen LogP contribution in [-0.4, -0.2) is 30.1 Å². The molecule has 0 radical (unpaired) electrons. The van der Waals surface area contributed by atoms with Crippen molar-refractivity contribution in [1.29, 1.82) is 0 Å². The van der Waals surface area contributed by atoms with Crippen LogP contribution >= 0.6 is 34.8 Å². The normalized spacial score (nSPS) is 12.2. The van der Waals surface area contributed by atoms with E-state index in [1.54, 1.807) is 62.8 Å². The molecule has 0 aliphatic rings. The Morgan fingerprint density at radius 1 is 0.920 bits per heavy atom. The number of hydrogen-bond acceptors (Lipinski definition) is 4. The van der Waals surface area contributed by atoms with E-state index < -0.39 is 9.96 Å². The number of carbonyl (C=O) groups excluding carboxylic acids is 1. The summed E-state index contributed by atoms with van der Waals surface area (Å²) in [5, 5.41) is 5.66. The second kappa shape index (κ2) is 8.52. The van der Waals surface area contributed by atoms with Crippen LogP contribution in [0.4, 0.5) is 5.69 Å². The standard InChI is InChI=1S/C17H17Cl3N2O3/c1-24-13-7-3-11(4-8-13)15(23)22-16(17(18,19)20)21-12-5-9-14(25-2)10-6-12/h3-10,16,21H,1-2H3,(H,22,23)/t16-/m1/s1. The lowest BCUT2D eigenvalue weighted by Gasteiger charge is -2.27. The van der Waals surface area contributed by atoms with Crippen molar-refractivity contribution in [3.63, 3.8) is 0 Å². The van der Waals surface area contributed by atoms with Gasteiger partial charge in [0.15, 0.2) is 0 Å². The van der Waals surface area contributed by atoms with E-state index in [0.29, 0.717) is 22.7 Å². The van der Waals surface area contributed by atoms with Crippen LogP contribution in [0.1, 0.15) is 10.4 Å². The van der Waals surface area contributed by atoms with E-state index >= 15 is 0 Å². The molecule has 0 unspecified atom stereocenters. The van der Waals surface area contributed by atoms with Crippen molar-refractivity contribution in [2.45, 2.75) is 9.96 Å². The van der Waals surface area contributed by atoms with E-state index in [-0.39, 0.29) is 5.91 Å². The molecular weight excluding hydrogens is 387 g/mol. The van der Waals surface area contributed by atoms with Gasteiger partial charge in [0.2, 0.25) is 3.79 Å². The largest absolute Gasteiger partial charge is 0.497 e. The minimum Gasteiger partial charge on any atom is -0.497 e. The van der Waals surface area contributed by atoms with E-state index in [1.807, 2.05) is 0 Å². The molecule has 5 nitrogen and oxygen atoms in total. The SMILES string of the molecule is COc1ccc(N[C@H](NC(=O)c2ccc(OC)cc2)C(Cl)(Cl)Cl)cc1. The van der Waals surface area contributed by atoms with Crippen LogP contribution in [-0.2, 0) is 0 Å². The molecule has 0 fully saturated rings. The number of nitrogens with one attached hydrogen (secondary N) is 2. The van der Waals surface area contributed by atoms with Crippen LogP contribution in [0.2, 0.25) is 0 Å². The fraction of sp³-hybridized carbons (Fsp3) is 0.235. The molecule has 0 aliphatic carbocycles. The van der Waals surface area contributed by atoms with Gasteiger partial charge in [-0.25, -0.2) is 0 Å². The summed E-state index contributed by atoms with van der Waals surface area (Å²) in [5.74, 6) is 0.948. The number of methoxy groups -OCH3 is 2. The van der Waals surface area contributed by atoms with E-state index in [9.17, 15) is 4.79 Å². The van der Waals surface area contributed by atoms with Crippen molar-refractivity contribution in [3.05, 3.63) is 54.1 Å². The maximum absolute atomic E-state index is 12.4. The maximum Gasteiger partial charge on any atom is 0.252 e. The summed E-state index contributed by atoms with van der Waals surface area (Å²) in [7, 11) is 3.12. The first-order valence-electron chi connectivity index (χ1n) is 7.25. The highest BCUT2D eigenvalue weighted by Gasteiger charge is 2.34. The maximum atomic E-state index is 12.4. The van der Waals surface area contributed by atoms with Gasteiger partial charge in [-0.3, -0.25) is 4.79 Å². The lowest BCUT2D eigenvalue weighted by molar-refractivity contribution is 0.0942. The summed E-state index contributed by atoms with van der Waals surface area (Å²) in [6.07, 6.45) is -0.944. The fourth-order valence-corrected chi connectivity index (χ4v) is 2.34. The van der Waals surface area contributed by atoms with Crippen LogP contribution in [0.3, 0.4) is 0 Å². The third-order valence-electron chi connectivity index (χ3n) is 3.36. The highest BCUT2D eigenvalue weighted by atomic mass is 35.6. The topological polar surface area (TPSA) is 59.6 Å². The molecule has 134 valence electrons. The summed E-state index contributed by atoms with van der Waals surface area (Å²) in [4.78, 5) is 12.4. The van der Waals surface area contributed by atoms with Gasteiger partial charge in [-0.15, -0.1) is 0 Å². The Bertz CT molecular complexity index is 701. The number of rotatable bonds is 6. The molecule has 25 heavy (non-hydrogen) atoms. The first kappa shape index (κ1) is 19.5. The third-order valence-corrected chi connectivity index (χ3v) is 4.01. The minimum atomic E-state index is -1.76. The minimum absolute atomic E-state index is 0.389. The number of ether oxygens (including phenoxy) is 2. The van der Waals surface area contributed by atoms with Gasteiger partial charge in [0, 0.05) is 11.3 Å². The number of amides is 1. The highest BCUT2D eigenvalue weighted by Crippen LogP contribution is 2.31. The van der Waals surface area contributed by atoms with Gasteiger partial charge in [0.25, 0.3) is 5.91 Å². The van der Waals surface area contributed by atoms with Crippen LogP contribution in [0.5, 0.6) is 11.5 Å². The fourth-order valence-electron chi connectivity index (χ4n) is 2.01. The molecule has 0 aromatic heterocycles. The molecule has 0 bridgehead atoms. The summed E-state index contributed by atoms with van der Waals surface area (Å²) in [6.45, 7) is 0. The Morgan fingerprint density at radius 2 is 1.40 bits per heavy atom. The van der Waals surface area contributed by atoms with Gasteiger partial charge in [0.05, 0.1) is 14.2 Å². The molecule has 0 heterocycles. The van der Waals surface area contributed by atoms with E-state index in [4.69, 9.17) is 44.3 Å². The molecule has 0 aliphatic heterocycles. The van der Waals surface area contributed by atoms with Gasteiger partial charge in [0.1, 0.15) is 17.7 Å². The van der Waals surface area contributed by atoms with Crippen LogP contribution in [0.25, 0.3) is 0 Å². The predicted molar refractivity (Wildman–Crippen MR) is 101 cm³/mol. The van der Waals surface area contributed by atoms with E-state index in [2.05, 4.69) is 10.6 Å². The zero-order valence-electron chi connectivity index (χ0n) is 13.6. The lowest BCUT2D eigenvalue weighted by atomic mass is 10.2. The second-order valence-corrected chi connectivity index (χ2v) is 7.42. The predicted octanol–water partition coefficient (Wildman–Crippen LogP) is 4.24. The van der Waals surface area contributed by atoms with Crippen molar-refractivity contribution >= 4 is 46.4 Å². The summed E-state index contributed by atoms with van der Waals surface area (Å²) < 4.78 is 8.40. The Hall–Kier alpha value is -1.82.